The topological polar surface area (TPSA) is 33.2 Å². The van der Waals surface area contributed by atoms with Crippen LogP contribution in [0.25, 0.3) is 16.5 Å². The Balaban J connectivity index is 1.45. The summed E-state index contributed by atoms with van der Waals surface area (Å²) in [6, 6.07) is 16.7. The van der Waals surface area contributed by atoms with Crippen LogP contribution in [-0.2, 0) is 11.3 Å². The zero-order valence-electron chi connectivity index (χ0n) is 14.7. The fourth-order valence-electron chi connectivity index (χ4n) is 2.92. The first-order valence-electron chi connectivity index (χ1n) is 8.92. The molecule has 3 nitrogen and oxygen atoms in total. The molecule has 5 heteroatoms. The van der Waals surface area contributed by atoms with Crippen LogP contribution < -0.4 is 0 Å². The summed E-state index contributed by atoms with van der Waals surface area (Å²) in [5.74, 6) is 0.0694. The van der Waals surface area contributed by atoms with Gasteiger partial charge >= 0.3 is 0 Å². The average molecular weight is 439 g/mol. The number of aromatic nitrogens is 1. The van der Waals surface area contributed by atoms with E-state index >= 15 is 0 Å². The number of benzene rings is 1. The molecule has 0 atom stereocenters. The van der Waals surface area contributed by atoms with E-state index in [1.54, 1.807) is 23.6 Å². The van der Waals surface area contributed by atoms with Crippen LogP contribution in [0.1, 0.15) is 23.3 Å². The molecule has 1 aromatic carbocycles. The molecule has 0 saturated heterocycles. The zero-order chi connectivity index (χ0) is 18.6. The third-order valence-corrected chi connectivity index (χ3v) is 6.12. The molecule has 1 aliphatic carbocycles. The highest BCUT2D eigenvalue weighted by atomic mass is 79.9. The van der Waals surface area contributed by atoms with Crippen LogP contribution in [0.5, 0.6) is 0 Å². The Morgan fingerprint density at radius 3 is 2.70 bits per heavy atom. The maximum Gasteiger partial charge on any atom is 0.247 e. The molecule has 1 fully saturated rings. The third-order valence-electron chi connectivity index (χ3n) is 4.49. The number of nitrogens with zero attached hydrogens (tertiary/aromatic N) is 2. The number of rotatable bonds is 6. The predicted molar refractivity (Wildman–Crippen MR) is 114 cm³/mol. The summed E-state index contributed by atoms with van der Waals surface area (Å²) in [6.45, 7) is 0.621. The van der Waals surface area contributed by atoms with Crippen LogP contribution in [-0.4, -0.2) is 21.8 Å². The first-order chi connectivity index (χ1) is 13.2. The summed E-state index contributed by atoms with van der Waals surface area (Å²) < 4.78 is 1.07. The zero-order valence-corrected chi connectivity index (χ0v) is 17.1. The van der Waals surface area contributed by atoms with E-state index in [4.69, 9.17) is 0 Å². The Kier molecular flexibility index (Phi) is 5.50. The van der Waals surface area contributed by atoms with Gasteiger partial charge in [-0.25, -0.2) is 0 Å². The van der Waals surface area contributed by atoms with Gasteiger partial charge in [0.15, 0.2) is 0 Å². The first kappa shape index (κ1) is 18.1. The van der Waals surface area contributed by atoms with Crippen molar-refractivity contribution in [3.63, 3.8) is 0 Å². The number of carbonyl (C=O) groups excluding carboxylic acids is 1. The highest BCUT2D eigenvalue weighted by Crippen LogP contribution is 2.31. The molecule has 1 amide bonds. The van der Waals surface area contributed by atoms with E-state index < -0.39 is 0 Å². The lowest BCUT2D eigenvalue weighted by Gasteiger charge is -2.20. The smallest absolute Gasteiger partial charge is 0.247 e. The molecule has 136 valence electrons. The summed E-state index contributed by atoms with van der Waals surface area (Å²) in [5.41, 5.74) is 2.25. The molecule has 0 unspecified atom stereocenters. The lowest BCUT2D eigenvalue weighted by Crippen LogP contribution is -2.31. The number of hydrogen-bond donors (Lipinski definition) is 0. The minimum absolute atomic E-state index is 0.0694. The Hall–Kier alpha value is -2.24. The van der Waals surface area contributed by atoms with Crippen LogP contribution in [0.2, 0.25) is 0 Å². The van der Waals surface area contributed by atoms with Crippen LogP contribution in [0.15, 0.2) is 71.5 Å². The quantitative estimate of drug-likeness (QED) is 0.457. The summed E-state index contributed by atoms with van der Waals surface area (Å²) in [5, 5.41) is 0. The highest BCUT2D eigenvalue weighted by Gasteiger charge is 2.31. The Bertz CT molecular complexity index is 946. The van der Waals surface area contributed by atoms with Crippen LogP contribution >= 0.6 is 27.3 Å². The van der Waals surface area contributed by atoms with Gasteiger partial charge in [0.05, 0.1) is 0 Å². The van der Waals surface area contributed by atoms with Crippen molar-refractivity contribution in [2.75, 3.05) is 0 Å². The SMILES string of the molecule is O=C(/C=C/c1ccc(-c2ccc(Br)cc2)s1)N(Cc1cccnc1)C1CC1. The molecule has 4 rings (SSSR count). The lowest BCUT2D eigenvalue weighted by atomic mass is 10.2. The molecule has 3 aromatic rings. The Morgan fingerprint density at radius 2 is 2.00 bits per heavy atom. The van der Waals surface area contributed by atoms with Gasteiger partial charge < -0.3 is 4.90 Å². The second kappa shape index (κ2) is 8.19. The molecule has 2 aromatic heterocycles. The van der Waals surface area contributed by atoms with Gasteiger partial charge in [-0.1, -0.05) is 34.1 Å². The van der Waals surface area contributed by atoms with Crippen molar-refractivity contribution in [1.29, 1.82) is 0 Å². The maximum absolute atomic E-state index is 12.7. The van der Waals surface area contributed by atoms with Gasteiger partial charge in [0, 0.05) is 45.3 Å². The molecule has 0 bridgehead atoms. The van der Waals surface area contributed by atoms with Gasteiger partial charge in [-0.2, -0.15) is 0 Å². The third kappa shape index (κ3) is 4.73. The number of halogens is 1. The monoisotopic (exact) mass is 438 g/mol. The van der Waals surface area contributed by atoms with E-state index in [1.165, 1.54) is 10.4 Å². The molecule has 2 heterocycles. The number of hydrogen-bond acceptors (Lipinski definition) is 3. The lowest BCUT2D eigenvalue weighted by molar-refractivity contribution is -0.127. The molecular formula is C22H19BrN2OS. The van der Waals surface area contributed by atoms with Crippen LogP contribution in [0.4, 0.5) is 0 Å². The molecule has 0 spiro atoms. The summed E-state index contributed by atoms with van der Waals surface area (Å²) >= 11 is 5.15. The molecule has 1 saturated carbocycles. The molecule has 0 aliphatic heterocycles. The Labute approximate surface area is 171 Å². The molecule has 1 aliphatic rings. The Morgan fingerprint density at radius 1 is 1.19 bits per heavy atom. The number of thiophene rings is 1. The molecule has 0 radical (unpaired) electrons. The molecule has 27 heavy (non-hydrogen) atoms. The van der Waals surface area contributed by atoms with E-state index in [0.717, 1.165) is 27.8 Å². The number of amides is 1. The van der Waals surface area contributed by atoms with Crippen molar-refractivity contribution in [3.05, 3.63) is 81.9 Å². The normalized spacial score (nSPS) is 13.8. The van der Waals surface area contributed by atoms with Gasteiger partial charge in [-0.05, 0) is 60.4 Å². The fraction of sp³-hybridized carbons (Fsp3) is 0.182. The number of pyridine rings is 1. The maximum atomic E-state index is 12.7. The number of carbonyl (C=O) groups is 1. The van der Waals surface area contributed by atoms with Gasteiger partial charge in [0.2, 0.25) is 5.91 Å². The van der Waals surface area contributed by atoms with Crippen molar-refractivity contribution in [1.82, 2.24) is 9.88 Å². The van der Waals surface area contributed by atoms with Crippen molar-refractivity contribution in [3.8, 4) is 10.4 Å². The predicted octanol–water partition coefficient (Wildman–Crippen LogP) is 5.78. The standard InChI is InChI=1S/C22H19BrN2OS/c23-18-5-3-17(4-6-18)21-11-9-20(27-21)10-12-22(26)25(19-7-8-19)15-16-2-1-13-24-14-16/h1-6,9-14,19H,7-8,15H2/b12-10+. The van der Waals surface area contributed by atoms with Crippen molar-refractivity contribution in [2.45, 2.75) is 25.4 Å². The van der Waals surface area contributed by atoms with Crippen molar-refractivity contribution < 1.29 is 4.79 Å². The van der Waals surface area contributed by atoms with Gasteiger partial charge in [-0.3, -0.25) is 9.78 Å². The fourth-order valence-corrected chi connectivity index (χ4v) is 4.10. The minimum Gasteiger partial charge on any atom is -0.332 e. The van der Waals surface area contributed by atoms with E-state index in [9.17, 15) is 4.79 Å². The van der Waals surface area contributed by atoms with E-state index in [0.29, 0.717) is 12.6 Å². The van der Waals surface area contributed by atoms with E-state index in [1.807, 2.05) is 41.4 Å². The highest BCUT2D eigenvalue weighted by molar-refractivity contribution is 9.10. The van der Waals surface area contributed by atoms with Crippen molar-refractivity contribution >= 4 is 39.2 Å². The molecular weight excluding hydrogens is 420 g/mol. The van der Waals surface area contributed by atoms with Crippen LogP contribution in [0.3, 0.4) is 0 Å². The van der Waals surface area contributed by atoms with Crippen molar-refractivity contribution in [2.24, 2.45) is 0 Å². The second-order valence-corrected chi connectivity index (χ2v) is 8.63. The summed E-state index contributed by atoms with van der Waals surface area (Å²) in [4.78, 5) is 21.1. The van der Waals surface area contributed by atoms with Gasteiger partial charge in [0.1, 0.15) is 0 Å². The summed E-state index contributed by atoms with van der Waals surface area (Å²) in [6.07, 6.45) is 9.39. The van der Waals surface area contributed by atoms with E-state index in [-0.39, 0.29) is 5.91 Å². The van der Waals surface area contributed by atoms with Gasteiger partial charge in [0.25, 0.3) is 0 Å². The second-order valence-electron chi connectivity index (χ2n) is 6.60. The first-order valence-corrected chi connectivity index (χ1v) is 10.5. The van der Waals surface area contributed by atoms with Gasteiger partial charge in [-0.15, -0.1) is 11.3 Å². The van der Waals surface area contributed by atoms with E-state index in [2.05, 4.69) is 45.2 Å². The summed E-state index contributed by atoms with van der Waals surface area (Å²) in [7, 11) is 0. The van der Waals surface area contributed by atoms with Crippen LogP contribution in [0, 0.1) is 0 Å². The average Bonchev–Trinajstić information content (AvgIpc) is 3.43. The largest absolute Gasteiger partial charge is 0.332 e. The minimum atomic E-state index is 0.0694. The molecule has 0 N–H and O–H groups in total.